The van der Waals surface area contributed by atoms with E-state index in [4.69, 9.17) is 14.6 Å². The summed E-state index contributed by atoms with van der Waals surface area (Å²) in [5, 5.41) is 9.00. The van der Waals surface area contributed by atoms with Gasteiger partial charge in [0.15, 0.2) is 11.5 Å². The zero-order valence-electron chi connectivity index (χ0n) is 12.0. The largest absolute Gasteiger partial charge is 0.490 e. The van der Waals surface area contributed by atoms with Crippen molar-refractivity contribution >= 4 is 5.97 Å². The molecule has 0 aliphatic carbocycles. The van der Waals surface area contributed by atoms with Crippen LogP contribution in [0.3, 0.4) is 0 Å². The molecule has 0 bridgehead atoms. The molecule has 0 saturated heterocycles. The van der Waals surface area contributed by atoms with Crippen LogP contribution in [0.4, 0.5) is 0 Å². The molecule has 0 amide bonds. The Morgan fingerprint density at radius 2 is 2.00 bits per heavy atom. The summed E-state index contributed by atoms with van der Waals surface area (Å²) in [6, 6.07) is 6.56. The Balaban J connectivity index is 2.16. The number of rotatable bonds is 6. The summed E-state index contributed by atoms with van der Waals surface area (Å²) in [6.45, 7) is 4.58. The molecule has 0 unspecified atom stereocenters. The molecule has 21 heavy (non-hydrogen) atoms. The lowest BCUT2D eigenvalue weighted by atomic mass is 10.2. The molecule has 2 rings (SSSR count). The lowest BCUT2D eigenvalue weighted by Gasteiger charge is -2.12. The normalized spacial score (nSPS) is 10.2. The van der Waals surface area contributed by atoms with Crippen molar-refractivity contribution in [3.8, 4) is 11.5 Å². The molecule has 0 spiro atoms. The van der Waals surface area contributed by atoms with Gasteiger partial charge in [0, 0.05) is 18.0 Å². The van der Waals surface area contributed by atoms with Gasteiger partial charge in [0.2, 0.25) is 0 Å². The number of carboxylic acid groups (broad SMARTS) is 1. The second kappa shape index (κ2) is 6.74. The second-order valence-corrected chi connectivity index (χ2v) is 4.56. The van der Waals surface area contributed by atoms with E-state index in [-0.39, 0.29) is 5.56 Å². The standard InChI is InChI=1S/C16H17NO4/c1-3-20-15-7-13(16(18)19)4-5-14(15)21-10-12-6-11(2)8-17-9-12/h4-9H,3,10H2,1-2H3,(H,18,19). The first-order valence-electron chi connectivity index (χ1n) is 6.63. The van der Waals surface area contributed by atoms with Gasteiger partial charge in [-0.2, -0.15) is 0 Å². The molecule has 0 fully saturated rings. The average molecular weight is 287 g/mol. The molecule has 1 N–H and O–H groups in total. The highest BCUT2D eigenvalue weighted by atomic mass is 16.5. The molecule has 1 aromatic carbocycles. The van der Waals surface area contributed by atoms with Crippen molar-refractivity contribution in [2.75, 3.05) is 6.61 Å². The number of aromatic nitrogens is 1. The lowest BCUT2D eigenvalue weighted by molar-refractivity contribution is 0.0696. The number of pyridine rings is 1. The fourth-order valence-electron chi connectivity index (χ4n) is 1.89. The van der Waals surface area contributed by atoms with Crippen molar-refractivity contribution in [2.45, 2.75) is 20.5 Å². The third-order valence-corrected chi connectivity index (χ3v) is 2.82. The molecular formula is C16H17NO4. The summed E-state index contributed by atoms with van der Waals surface area (Å²) in [5.74, 6) is -0.0493. The number of hydrogen-bond acceptors (Lipinski definition) is 4. The Kier molecular flexibility index (Phi) is 4.77. The molecule has 0 aliphatic heterocycles. The van der Waals surface area contributed by atoms with Crippen LogP contribution in [-0.2, 0) is 6.61 Å². The third-order valence-electron chi connectivity index (χ3n) is 2.82. The molecule has 1 aromatic heterocycles. The van der Waals surface area contributed by atoms with Crippen molar-refractivity contribution in [3.63, 3.8) is 0 Å². The molecule has 2 aromatic rings. The predicted octanol–water partition coefficient (Wildman–Crippen LogP) is 3.07. The predicted molar refractivity (Wildman–Crippen MR) is 77.9 cm³/mol. The van der Waals surface area contributed by atoms with E-state index < -0.39 is 5.97 Å². The minimum absolute atomic E-state index is 0.169. The number of benzene rings is 1. The van der Waals surface area contributed by atoms with Gasteiger partial charge >= 0.3 is 5.97 Å². The topological polar surface area (TPSA) is 68.7 Å². The molecule has 0 aliphatic rings. The van der Waals surface area contributed by atoms with Crippen molar-refractivity contribution < 1.29 is 19.4 Å². The molecule has 5 heteroatoms. The molecule has 0 atom stereocenters. The summed E-state index contributed by atoms with van der Waals surface area (Å²) in [4.78, 5) is 15.1. The molecule has 110 valence electrons. The van der Waals surface area contributed by atoms with Crippen LogP contribution in [0.15, 0.2) is 36.7 Å². The fourth-order valence-corrected chi connectivity index (χ4v) is 1.89. The first-order chi connectivity index (χ1) is 10.1. The fraction of sp³-hybridized carbons (Fsp3) is 0.250. The van der Waals surface area contributed by atoms with E-state index in [1.165, 1.54) is 12.1 Å². The number of aromatic carboxylic acids is 1. The van der Waals surface area contributed by atoms with E-state index in [9.17, 15) is 4.79 Å². The Labute approximate surface area is 123 Å². The number of carbonyl (C=O) groups is 1. The summed E-state index contributed by atoms with van der Waals surface area (Å²) < 4.78 is 11.1. The van der Waals surface area contributed by atoms with Crippen molar-refractivity contribution in [1.82, 2.24) is 4.98 Å². The summed E-state index contributed by atoms with van der Waals surface area (Å²) in [5.41, 5.74) is 2.17. The Bertz CT molecular complexity index is 640. The summed E-state index contributed by atoms with van der Waals surface area (Å²) in [7, 11) is 0. The van der Waals surface area contributed by atoms with Gasteiger partial charge in [0.1, 0.15) is 6.61 Å². The van der Waals surface area contributed by atoms with E-state index in [1.54, 1.807) is 18.5 Å². The van der Waals surface area contributed by atoms with E-state index in [2.05, 4.69) is 4.98 Å². The minimum Gasteiger partial charge on any atom is -0.490 e. The maximum absolute atomic E-state index is 11.0. The van der Waals surface area contributed by atoms with Crippen molar-refractivity contribution in [3.05, 3.63) is 53.3 Å². The highest BCUT2D eigenvalue weighted by Crippen LogP contribution is 2.29. The summed E-state index contributed by atoms with van der Waals surface area (Å²) in [6.07, 6.45) is 3.51. The van der Waals surface area contributed by atoms with Crippen LogP contribution < -0.4 is 9.47 Å². The first kappa shape index (κ1) is 14.8. The van der Waals surface area contributed by atoms with Gasteiger partial charge in [0.25, 0.3) is 0 Å². The van der Waals surface area contributed by atoms with Gasteiger partial charge in [-0.25, -0.2) is 4.79 Å². The molecule has 0 radical (unpaired) electrons. The Morgan fingerprint density at radius 3 is 2.67 bits per heavy atom. The van der Waals surface area contributed by atoms with Gasteiger partial charge in [-0.15, -0.1) is 0 Å². The highest BCUT2D eigenvalue weighted by molar-refractivity contribution is 5.88. The second-order valence-electron chi connectivity index (χ2n) is 4.56. The van der Waals surface area contributed by atoms with Crippen LogP contribution in [0.5, 0.6) is 11.5 Å². The average Bonchev–Trinajstić information content (AvgIpc) is 2.46. The van der Waals surface area contributed by atoms with E-state index in [0.717, 1.165) is 11.1 Å². The van der Waals surface area contributed by atoms with Gasteiger partial charge in [-0.3, -0.25) is 4.98 Å². The summed E-state index contributed by atoms with van der Waals surface area (Å²) >= 11 is 0. The highest BCUT2D eigenvalue weighted by Gasteiger charge is 2.10. The van der Waals surface area contributed by atoms with E-state index in [0.29, 0.717) is 24.7 Å². The SMILES string of the molecule is CCOc1cc(C(=O)O)ccc1OCc1cncc(C)c1. The molecular weight excluding hydrogens is 270 g/mol. The van der Waals surface area contributed by atoms with Crippen molar-refractivity contribution in [2.24, 2.45) is 0 Å². The molecule has 1 heterocycles. The van der Waals surface area contributed by atoms with Crippen LogP contribution in [-0.4, -0.2) is 22.7 Å². The van der Waals surface area contributed by atoms with E-state index >= 15 is 0 Å². The van der Waals surface area contributed by atoms with Gasteiger partial charge < -0.3 is 14.6 Å². The third kappa shape index (κ3) is 3.95. The maximum atomic E-state index is 11.0. The van der Waals surface area contributed by atoms with Crippen LogP contribution in [0.1, 0.15) is 28.4 Å². The number of ether oxygens (including phenoxy) is 2. The zero-order valence-corrected chi connectivity index (χ0v) is 12.0. The van der Waals surface area contributed by atoms with Crippen LogP contribution in [0.2, 0.25) is 0 Å². The molecule has 0 saturated carbocycles. The zero-order chi connectivity index (χ0) is 15.2. The van der Waals surface area contributed by atoms with Gasteiger partial charge in [0.05, 0.1) is 12.2 Å². The number of hydrogen-bond donors (Lipinski definition) is 1. The smallest absolute Gasteiger partial charge is 0.335 e. The van der Waals surface area contributed by atoms with Crippen molar-refractivity contribution in [1.29, 1.82) is 0 Å². The van der Waals surface area contributed by atoms with Crippen LogP contribution >= 0.6 is 0 Å². The monoisotopic (exact) mass is 287 g/mol. The minimum atomic E-state index is -0.995. The van der Waals surface area contributed by atoms with E-state index in [1.807, 2.05) is 19.9 Å². The maximum Gasteiger partial charge on any atom is 0.335 e. The quantitative estimate of drug-likeness (QED) is 0.884. The van der Waals surface area contributed by atoms with Crippen LogP contribution in [0, 0.1) is 6.92 Å². The van der Waals surface area contributed by atoms with Gasteiger partial charge in [-0.05, 0) is 43.7 Å². The van der Waals surface area contributed by atoms with Gasteiger partial charge in [-0.1, -0.05) is 0 Å². The Morgan fingerprint density at radius 1 is 1.19 bits per heavy atom. The Hall–Kier alpha value is -2.56. The number of aryl methyl sites for hydroxylation is 1. The first-order valence-corrected chi connectivity index (χ1v) is 6.63. The molecule has 5 nitrogen and oxygen atoms in total. The number of carboxylic acids is 1. The lowest BCUT2D eigenvalue weighted by Crippen LogP contribution is -2.03. The number of nitrogens with zero attached hydrogens (tertiary/aromatic N) is 1. The van der Waals surface area contributed by atoms with Crippen LogP contribution in [0.25, 0.3) is 0 Å².